The van der Waals surface area contributed by atoms with Gasteiger partial charge >= 0.3 is 0 Å². The Balaban J connectivity index is 2.34. The van der Waals surface area contributed by atoms with Crippen LogP contribution in [0, 0.1) is 12.3 Å². The SMILES string of the molecule is C#CC(O[Si](C)(C)C(C)(C)C)c1ccc2ccccc2c1. The van der Waals surface area contributed by atoms with Gasteiger partial charge < -0.3 is 4.43 Å². The quantitative estimate of drug-likeness (QED) is 0.534. The molecule has 0 N–H and O–H groups in total. The first-order chi connectivity index (χ1) is 9.74. The third kappa shape index (κ3) is 3.37. The van der Waals surface area contributed by atoms with Crippen molar-refractivity contribution in [1.29, 1.82) is 0 Å². The van der Waals surface area contributed by atoms with Crippen molar-refractivity contribution in [1.82, 2.24) is 0 Å². The molecule has 2 heteroatoms. The molecule has 0 radical (unpaired) electrons. The number of terminal acetylenes is 1. The topological polar surface area (TPSA) is 9.23 Å². The van der Waals surface area contributed by atoms with Crippen molar-refractivity contribution in [3.05, 3.63) is 48.0 Å². The van der Waals surface area contributed by atoms with Crippen LogP contribution in [0.15, 0.2) is 42.5 Å². The zero-order valence-electron chi connectivity index (χ0n) is 13.6. The lowest BCUT2D eigenvalue weighted by Gasteiger charge is -2.38. The molecular weight excluding hydrogens is 272 g/mol. The average Bonchev–Trinajstić information content (AvgIpc) is 2.43. The van der Waals surface area contributed by atoms with Crippen LogP contribution in [0.1, 0.15) is 32.4 Å². The molecule has 2 rings (SSSR count). The van der Waals surface area contributed by atoms with Gasteiger partial charge in [0.05, 0.1) is 0 Å². The minimum atomic E-state index is -1.88. The summed E-state index contributed by atoms with van der Waals surface area (Å²) in [5.41, 5.74) is 1.07. The average molecular weight is 296 g/mol. The molecule has 0 saturated heterocycles. The second kappa shape index (κ2) is 5.67. The number of benzene rings is 2. The summed E-state index contributed by atoms with van der Waals surface area (Å²) in [4.78, 5) is 0. The summed E-state index contributed by atoms with van der Waals surface area (Å²) in [6.07, 6.45) is 5.48. The maximum absolute atomic E-state index is 6.39. The van der Waals surface area contributed by atoms with Gasteiger partial charge in [0.25, 0.3) is 0 Å². The van der Waals surface area contributed by atoms with Crippen molar-refractivity contribution in [2.45, 2.75) is 45.0 Å². The highest BCUT2D eigenvalue weighted by molar-refractivity contribution is 6.74. The van der Waals surface area contributed by atoms with Crippen LogP contribution in [0.25, 0.3) is 10.8 Å². The van der Waals surface area contributed by atoms with E-state index in [2.05, 4.69) is 70.1 Å². The van der Waals surface area contributed by atoms with Crippen LogP contribution in [-0.4, -0.2) is 8.32 Å². The lowest BCUT2D eigenvalue weighted by atomic mass is 10.0. The summed E-state index contributed by atoms with van der Waals surface area (Å²) in [6, 6.07) is 14.7. The van der Waals surface area contributed by atoms with Gasteiger partial charge in [-0.25, -0.2) is 0 Å². The van der Waals surface area contributed by atoms with E-state index in [4.69, 9.17) is 10.8 Å². The van der Waals surface area contributed by atoms with Crippen LogP contribution in [0.2, 0.25) is 18.1 Å². The summed E-state index contributed by atoms with van der Waals surface area (Å²) < 4.78 is 6.39. The van der Waals surface area contributed by atoms with Crippen LogP contribution in [0.5, 0.6) is 0 Å². The molecule has 0 aliphatic heterocycles. The predicted molar refractivity (Wildman–Crippen MR) is 93.8 cm³/mol. The number of rotatable bonds is 3. The molecule has 0 aliphatic carbocycles. The Bertz CT molecular complexity index is 674. The van der Waals surface area contributed by atoms with Crippen LogP contribution in [0.4, 0.5) is 0 Å². The summed E-state index contributed by atoms with van der Waals surface area (Å²) in [6.45, 7) is 11.2. The monoisotopic (exact) mass is 296 g/mol. The Morgan fingerprint density at radius 3 is 2.24 bits per heavy atom. The first kappa shape index (κ1) is 15.8. The Labute approximate surface area is 129 Å². The van der Waals surface area contributed by atoms with E-state index in [-0.39, 0.29) is 11.1 Å². The van der Waals surface area contributed by atoms with E-state index in [1.807, 2.05) is 12.1 Å². The number of hydrogen-bond acceptors (Lipinski definition) is 1. The van der Waals surface area contributed by atoms with Crippen molar-refractivity contribution in [3.8, 4) is 12.3 Å². The Hall–Kier alpha value is -1.56. The van der Waals surface area contributed by atoms with Crippen molar-refractivity contribution < 1.29 is 4.43 Å². The Kier molecular flexibility index (Phi) is 4.27. The molecule has 21 heavy (non-hydrogen) atoms. The molecule has 0 saturated carbocycles. The van der Waals surface area contributed by atoms with Gasteiger partial charge in [0, 0.05) is 0 Å². The van der Waals surface area contributed by atoms with Crippen LogP contribution >= 0.6 is 0 Å². The first-order valence-electron chi connectivity index (χ1n) is 7.37. The highest BCUT2D eigenvalue weighted by Gasteiger charge is 2.39. The molecule has 0 aliphatic rings. The largest absolute Gasteiger partial charge is 0.399 e. The fraction of sp³-hybridized carbons (Fsp3) is 0.368. The molecule has 0 heterocycles. The summed E-state index contributed by atoms with van der Waals surface area (Å²) in [5, 5.41) is 2.58. The van der Waals surface area contributed by atoms with Gasteiger partial charge in [-0.1, -0.05) is 63.1 Å². The van der Waals surface area contributed by atoms with Gasteiger partial charge in [0.15, 0.2) is 8.32 Å². The van der Waals surface area contributed by atoms with Gasteiger partial charge in [0.2, 0.25) is 0 Å². The maximum atomic E-state index is 6.39. The summed E-state index contributed by atoms with van der Waals surface area (Å²) in [5.74, 6) is 2.82. The second-order valence-corrected chi connectivity index (χ2v) is 11.8. The van der Waals surface area contributed by atoms with Gasteiger partial charge in [-0.2, -0.15) is 0 Å². The molecule has 0 bridgehead atoms. The third-order valence-electron chi connectivity index (χ3n) is 4.45. The zero-order chi connectivity index (χ0) is 15.7. The minimum Gasteiger partial charge on any atom is -0.399 e. The highest BCUT2D eigenvalue weighted by atomic mass is 28.4. The molecule has 0 aromatic heterocycles. The first-order valence-corrected chi connectivity index (χ1v) is 10.3. The van der Waals surface area contributed by atoms with Gasteiger partial charge in [0.1, 0.15) is 6.10 Å². The van der Waals surface area contributed by atoms with Gasteiger partial charge in [-0.15, -0.1) is 6.42 Å². The molecule has 2 aromatic rings. The number of hydrogen-bond donors (Lipinski definition) is 0. The Morgan fingerprint density at radius 1 is 1.05 bits per heavy atom. The lowest BCUT2D eigenvalue weighted by Crippen LogP contribution is -2.41. The molecule has 1 atom stereocenters. The van der Waals surface area contributed by atoms with Crippen LogP contribution < -0.4 is 0 Å². The van der Waals surface area contributed by atoms with E-state index in [9.17, 15) is 0 Å². The lowest BCUT2D eigenvalue weighted by molar-refractivity contribution is 0.238. The van der Waals surface area contributed by atoms with Crippen molar-refractivity contribution in [3.63, 3.8) is 0 Å². The molecule has 0 spiro atoms. The van der Waals surface area contributed by atoms with E-state index in [1.54, 1.807) is 0 Å². The molecule has 0 fully saturated rings. The number of fused-ring (bicyclic) bond motifs is 1. The summed E-state index contributed by atoms with van der Waals surface area (Å²) in [7, 11) is -1.88. The Morgan fingerprint density at radius 2 is 1.67 bits per heavy atom. The molecule has 0 amide bonds. The third-order valence-corrected chi connectivity index (χ3v) is 8.88. The van der Waals surface area contributed by atoms with Gasteiger partial charge in [-0.3, -0.25) is 0 Å². The fourth-order valence-electron chi connectivity index (χ4n) is 2.04. The zero-order valence-corrected chi connectivity index (χ0v) is 14.6. The molecule has 1 unspecified atom stereocenters. The van der Waals surface area contributed by atoms with Gasteiger partial charge in [-0.05, 0) is 40.5 Å². The predicted octanol–water partition coefficient (Wildman–Crippen LogP) is 5.54. The second-order valence-electron chi connectivity index (χ2n) is 7.03. The standard InChI is InChI=1S/C19H24OSi/c1-7-18(20-21(5,6)19(2,3)4)17-13-12-15-10-8-9-11-16(15)14-17/h1,8-14,18H,2-6H3. The van der Waals surface area contributed by atoms with E-state index in [0.29, 0.717) is 0 Å². The maximum Gasteiger partial charge on any atom is 0.194 e. The smallest absolute Gasteiger partial charge is 0.194 e. The van der Waals surface area contributed by atoms with E-state index in [1.165, 1.54) is 10.8 Å². The van der Waals surface area contributed by atoms with Crippen LogP contribution in [-0.2, 0) is 4.43 Å². The van der Waals surface area contributed by atoms with Crippen molar-refractivity contribution in [2.75, 3.05) is 0 Å². The highest BCUT2D eigenvalue weighted by Crippen LogP contribution is 2.39. The fourth-order valence-corrected chi connectivity index (χ4v) is 3.19. The van der Waals surface area contributed by atoms with Crippen molar-refractivity contribution in [2.24, 2.45) is 0 Å². The molecule has 1 nitrogen and oxygen atoms in total. The minimum absolute atomic E-state index is 0.152. The molecule has 110 valence electrons. The van der Waals surface area contributed by atoms with E-state index in [0.717, 1.165) is 5.56 Å². The normalized spacial score (nSPS) is 13.9. The van der Waals surface area contributed by atoms with E-state index >= 15 is 0 Å². The molecular formula is C19H24OSi. The van der Waals surface area contributed by atoms with Crippen molar-refractivity contribution >= 4 is 19.1 Å². The van der Waals surface area contributed by atoms with Crippen LogP contribution in [0.3, 0.4) is 0 Å². The molecule has 2 aromatic carbocycles. The summed E-state index contributed by atoms with van der Waals surface area (Å²) >= 11 is 0. The van der Waals surface area contributed by atoms with E-state index < -0.39 is 8.32 Å².